The summed E-state index contributed by atoms with van der Waals surface area (Å²) in [6.07, 6.45) is 11.3. The van der Waals surface area contributed by atoms with Gasteiger partial charge in [-0.05, 0) is 22.5 Å². The summed E-state index contributed by atoms with van der Waals surface area (Å²) in [4.78, 5) is 24.1. The van der Waals surface area contributed by atoms with Crippen molar-refractivity contribution in [1.82, 2.24) is 9.55 Å². The highest BCUT2D eigenvalue weighted by atomic mass is 32.3. The van der Waals surface area contributed by atoms with Crippen LogP contribution in [-0.2, 0) is 35.6 Å². The zero-order valence-corrected chi connectivity index (χ0v) is 16.1. The van der Waals surface area contributed by atoms with E-state index >= 15 is 0 Å². The highest BCUT2D eigenvalue weighted by Gasteiger charge is 2.19. The third-order valence-corrected chi connectivity index (χ3v) is 4.05. The highest BCUT2D eigenvalue weighted by Crippen LogP contribution is 2.27. The van der Waals surface area contributed by atoms with Gasteiger partial charge >= 0.3 is 22.3 Å². The number of nitrogens with zero attached hydrogens (tertiary/aromatic N) is 3. The molecule has 0 saturated carbocycles. The second kappa shape index (κ2) is 10.1. The minimum absolute atomic E-state index is 0.364. The van der Waals surface area contributed by atoms with E-state index in [4.69, 9.17) is 9.29 Å². The van der Waals surface area contributed by atoms with Crippen molar-refractivity contribution in [2.45, 2.75) is 26.2 Å². The first-order chi connectivity index (χ1) is 13.6. The van der Waals surface area contributed by atoms with E-state index in [1.165, 1.54) is 30.0 Å². The Morgan fingerprint density at radius 1 is 1.34 bits per heavy atom. The van der Waals surface area contributed by atoms with Gasteiger partial charge in [0.1, 0.15) is 25.1 Å². The van der Waals surface area contributed by atoms with E-state index in [0.29, 0.717) is 0 Å². The van der Waals surface area contributed by atoms with Crippen LogP contribution in [0.1, 0.15) is 13.3 Å². The Morgan fingerprint density at radius 3 is 2.45 bits per heavy atom. The molecule has 12 nitrogen and oxygen atoms in total. The van der Waals surface area contributed by atoms with Crippen molar-refractivity contribution < 1.29 is 36.3 Å². The molecule has 0 aliphatic heterocycles. The quantitative estimate of drug-likeness (QED) is 0.262. The summed E-state index contributed by atoms with van der Waals surface area (Å²) < 4.78 is 44.5. The molecule has 0 radical (unpaired) electrons. The molecule has 2 bridgehead atoms. The van der Waals surface area contributed by atoms with Crippen LogP contribution in [0.4, 0.5) is 5.95 Å². The van der Waals surface area contributed by atoms with Crippen molar-refractivity contribution in [1.29, 1.82) is 0 Å². The molecule has 13 heteroatoms. The molecule has 1 unspecified atom stereocenters. The van der Waals surface area contributed by atoms with Gasteiger partial charge in [0.2, 0.25) is 0 Å². The van der Waals surface area contributed by atoms with Gasteiger partial charge in [0.25, 0.3) is 0 Å². The Balaban J connectivity index is 0.000000351. The number of allylic oxidation sites excluding steroid dienone is 6. The molecule has 3 rings (SSSR count). The van der Waals surface area contributed by atoms with Gasteiger partial charge in [-0.3, -0.25) is 9.35 Å². The lowest BCUT2D eigenvalue weighted by atomic mass is 10.3. The lowest BCUT2D eigenvalue weighted by molar-refractivity contribution is -0.397. The molecular weight excluding hydrogens is 410 g/mol. The fourth-order valence-corrected chi connectivity index (χ4v) is 2.61. The van der Waals surface area contributed by atoms with E-state index < -0.39 is 40.0 Å². The number of nitro groups is 1. The van der Waals surface area contributed by atoms with Crippen molar-refractivity contribution >= 4 is 22.3 Å². The second-order valence-electron chi connectivity index (χ2n) is 5.88. The molecule has 1 atom stereocenters. The van der Waals surface area contributed by atoms with Crippen LogP contribution < -0.4 is 0 Å². The summed E-state index contributed by atoms with van der Waals surface area (Å²) in [5.41, 5.74) is 2.94. The maximum absolute atomic E-state index is 10.7. The number of fused-ring (bicyclic) bond motifs is 2. The number of carbonyl (C=O) groups excluding carboxylic acids is 1. The molecule has 1 N–H and O–H groups in total. The van der Waals surface area contributed by atoms with Crippen LogP contribution in [0, 0.1) is 10.1 Å². The average Bonchev–Trinajstić information content (AvgIpc) is 3.38. The first-order valence-corrected chi connectivity index (χ1v) is 9.60. The summed E-state index contributed by atoms with van der Waals surface area (Å²) >= 11 is 0. The SMILES string of the molecule is C1=CC2=CC=C1C2.CC(=O)OCC(COS(=O)(=O)O)OCn1ccnc1[N+](=O)[O-]. The lowest BCUT2D eigenvalue weighted by Crippen LogP contribution is -2.29. The monoisotopic (exact) mass is 429 g/mol. The van der Waals surface area contributed by atoms with E-state index in [0.717, 1.165) is 11.5 Å². The average molecular weight is 429 g/mol. The Bertz CT molecular complexity index is 927. The van der Waals surface area contributed by atoms with Crippen molar-refractivity contribution in [2.24, 2.45) is 0 Å². The molecule has 0 amide bonds. The molecule has 0 saturated heterocycles. The molecule has 1 heterocycles. The van der Waals surface area contributed by atoms with Gasteiger partial charge in [-0.1, -0.05) is 29.3 Å². The zero-order chi connectivity index (χ0) is 21.4. The largest absolute Gasteiger partial charge is 0.463 e. The van der Waals surface area contributed by atoms with Crippen LogP contribution >= 0.6 is 0 Å². The Kier molecular flexibility index (Phi) is 7.78. The third kappa shape index (κ3) is 7.95. The fraction of sp³-hybridized carbons (Fsp3) is 0.375. The molecular formula is C16H19N3O9S. The maximum atomic E-state index is 10.7. The van der Waals surface area contributed by atoms with E-state index in [9.17, 15) is 23.3 Å². The van der Waals surface area contributed by atoms with Crippen molar-refractivity contribution in [2.75, 3.05) is 13.2 Å². The predicted octanol–water partition coefficient (Wildman–Crippen LogP) is 1.33. The van der Waals surface area contributed by atoms with Crippen molar-refractivity contribution in [3.05, 3.63) is 58.0 Å². The first kappa shape index (κ1) is 22.4. The van der Waals surface area contributed by atoms with Gasteiger partial charge in [0, 0.05) is 6.92 Å². The number of hydrogen-bond donors (Lipinski definition) is 1. The van der Waals surface area contributed by atoms with E-state index in [1.54, 1.807) is 0 Å². The smallest absolute Gasteiger partial charge is 0.436 e. The number of rotatable bonds is 9. The number of ether oxygens (including phenoxy) is 2. The highest BCUT2D eigenvalue weighted by molar-refractivity contribution is 7.80. The lowest BCUT2D eigenvalue weighted by Gasteiger charge is -2.16. The summed E-state index contributed by atoms with van der Waals surface area (Å²) in [6.45, 7) is -0.250. The Morgan fingerprint density at radius 2 is 2.00 bits per heavy atom. The molecule has 1 aromatic heterocycles. The number of aromatic nitrogens is 2. The minimum atomic E-state index is -4.70. The standard InChI is InChI=1S/C9H13N3O9S.C7H6/c1-7(13)19-4-8(5-21-22(16,17)18)20-6-11-3-2-10-9(11)12(14)15;1-2-7-4-3-6(1)5-7/h2-3,8H,4-6H2,1H3,(H,16,17,18);1-4H,5H2. The van der Waals surface area contributed by atoms with Gasteiger partial charge in [-0.15, -0.1) is 0 Å². The zero-order valence-electron chi connectivity index (χ0n) is 15.3. The van der Waals surface area contributed by atoms with Crippen molar-refractivity contribution in [3.8, 4) is 0 Å². The van der Waals surface area contributed by atoms with Gasteiger partial charge in [-0.2, -0.15) is 8.42 Å². The van der Waals surface area contributed by atoms with E-state index in [1.807, 2.05) is 0 Å². The van der Waals surface area contributed by atoms with Crippen LogP contribution in [0.15, 0.2) is 47.8 Å². The molecule has 0 fully saturated rings. The molecule has 2 aliphatic rings. The number of imidazole rings is 1. The molecule has 0 aromatic carbocycles. The molecule has 1 aromatic rings. The molecule has 29 heavy (non-hydrogen) atoms. The summed E-state index contributed by atoms with van der Waals surface area (Å²) in [7, 11) is -4.70. The normalized spacial score (nSPS) is 15.2. The van der Waals surface area contributed by atoms with Crippen LogP contribution in [-0.4, -0.2) is 52.7 Å². The maximum Gasteiger partial charge on any atom is 0.436 e. The Hall–Kier alpha value is -2.87. The topological polar surface area (TPSA) is 160 Å². The Labute approximate surface area is 166 Å². The van der Waals surface area contributed by atoms with Gasteiger partial charge in [0.05, 0.1) is 6.61 Å². The van der Waals surface area contributed by atoms with E-state index in [-0.39, 0.29) is 13.3 Å². The second-order valence-corrected chi connectivity index (χ2v) is 6.97. The van der Waals surface area contributed by atoms with Crippen LogP contribution in [0.2, 0.25) is 0 Å². The van der Waals surface area contributed by atoms with Gasteiger partial charge in [-0.25, -0.2) is 8.75 Å². The van der Waals surface area contributed by atoms with E-state index in [2.05, 4.69) is 38.2 Å². The summed E-state index contributed by atoms with van der Waals surface area (Å²) in [5.74, 6) is -1.13. The third-order valence-electron chi connectivity index (χ3n) is 3.61. The number of carbonyl (C=O) groups is 1. The van der Waals surface area contributed by atoms with Crippen LogP contribution in [0.5, 0.6) is 0 Å². The first-order valence-electron chi connectivity index (χ1n) is 8.24. The molecule has 2 aliphatic carbocycles. The van der Waals surface area contributed by atoms with Gasteiger partial charge in [0.15, 0.2) is 6.73 Å². The van der Waals surface area contributed by atoms with Crippen molar-refractivity contribution in [3.63, 3.8) is 0 Å². The fourth-order valence-electron chi connectivity index (χ4n) is 2.29. The number of hydrogen-bond acceptors (Lipinski definition) is 9. The minimum Gasteiger partial charge on any atom is -0.463 e. The summed E-state index contributed by atoms with van der Waals surface area (Å²) in [6, 6.07) is 0. The summed E-state index contributed by atoms with van der Waals surface area (Å²) in [5, 5.41) is 10.7. The number of esters is 1. The predicted molar refractivity (Wildman–Crippen MR) is 97.8 cm³/mol. The molecule has 0 spiro atoms. The van der Waals surface area contributed by atoms with Crippen LogP contribution in [0.3, 0.4) is 0 Å². The molecule has 158 valence electrons. The van der Waals surface area contributed by atoms with Gasteiger partial charge < -0.3 is 19.6 Å². The van der Waals surface area contributed by atoms with Crippen LogP contribution in [0.25, 0.3) is 0 Å².